The van der Waals surface area contributed by atoms with E-state index in [1.165, 1.54) is 0 Å². The van der Waals surface area contributed by atoms with Crippen LogP contribution in [0.4, 0.5) is 0 Å². The van der Waals surface area contributed by atoms with Gasteiger partial charge in [0.2, 0.25) is 0 Å². The number of ketones is 2. The van der Waals surface area contributed by atoms with E-state index in [1.54, 1.807) is 0 Å². The lowest BCUT2D eigenvalue weighted by Gasteiger charge is -2.18. The Hall–Kier alpha value is -0.370. The average molecular weight is 162 g/mol. The molecule has 0 N–H and O–H groups in total. The maximum Gasteiger partial charge on any atom is 0.158 e. The van der Waals surface area contributed by atoms with Crippen LogP contribution in [0.1, 0.15) is 19.8 Å². The van der Waals surface area contributed by atoms with Gasteiger partial charge < -0.3 is 0 Å². The van der Waals surface area contributed by atoms with Crippen LogP contribution in [0.5, 0.6) is 0 Å². The first-order chi connectivity index (χ1) is 4.61. The highest BCUT2D eigenvalue weighted by Gasteiger charge is 2.31. The predicted octanol–water partition coefficient (Wildman–Crippen LogP) is 1.16. The Labute approximate surface area is 64.5 Å². The first-order valence-corrected chi connectivity index (χ1v) is 3.74. The number of carbonyl (C=O) groups excluding carboxylic acids is 2. The molecule has 1 aliphatic carbocycles. The van der Waals surface area contributed by atoms with Gasteiger partial charge in [-0.1, -0.05) is 6.92 Å². The number of Topliss-reactive ketones (excluding diaryl/α,β-unsaturated/α-hetero) is 2. The quantitative estimate of drug-likeness (QED) is 0.304. The van der Waals surface area contributed by atoms with Gasteiger partial charge in [-0.05, 0) is 5.92 Å². The Morgan fingerprint density at radius 2 is 1.70 bits per heavy atom. The molecule has 0 aromatic rings. The Kier molecular flexibility index (Phi) is 2.09. The van der Waals surface area contributed by atoms with E-state index in [0.717, 1.165) is 0 Å². The van der Waals surface area contributed by atoms with Gasteiger partial charge in [0.15, 0.2) is 16.9 Å². The van der Waals surface area contributed by atoms with Crippen LogP contribution in [-0.4, -0.2) is 16.9 Å². The molecule has 0 spiro atoms. The van der Waals surface area contributed by atoms with Gasteiger partial charge in [-0.15, -0.1) is 11.6 Å². The van der Waals surface area contributed by atoms with Crippen LogP contribution >= 0.6 is 11.6 Å². The lowest BCUT2D eigenvalue weighted by molar-refractivity contribution is -0.130. The summed E-state index contributed by atoms with van der Waals surface area (Å²) in [6.07, 6.45) is 0.916. The van der Waals surface area contributed by atoms with Gasteiger partial charge in [0.25, 0.3) is 0 Å². The fourth-order valence-corrected chi connectivity index (χ4v) is 1.32. The maximum absolute atomic E-state index is 10.9. The number of hydrogen-bond acceptors (Lipinski definition) is 2. The van der Waals surface area contributed by atoms with Gasteiger partial charge >= 0.3 is 0 Å². The summed E-state index contributed by atoms with van der Waals surface area (Å²) >= 11 is 5.48. The fourth-order valence-electron chi connectivity index (χ4n) is 1.15. The molecule has 1 aliphatic rings. The highest BCUT2D eigenvalue weighted by atomic mass is 35.5. The van der Waals surface area contributed by atoms with Crippen molar-refractivity contribution >= 4 is 23.2 Å². The van der Waals surface area contributed by atoms with Crippen molar-refractivity contribution in [2.75, 3.05) is 0 Å². The monoisotopic (exact) mass is 161 g/mol. The highest BCUT2D eigenvalue weighted by molar-refractivity contribution is 6.42. The van der Waals surface area contributed by atoms with Crippen LogP contribution in [0.25, 0.3) is 0 Å². The molecule has 10 heavy (non-hydrogen) atoms. The molecule has 1 saturated carbocycles. The van der Waals surface area contributed by atoms with Crippen LogP contribution < -0.4 is 0 Å². The van der Waals surface area contributed by atoms with Gasteiger partial charge in [0.05, 0.1) is 0 Å². The maximum atomic E-state index is 10.9. The van der Waals surface area contributed by atoms with Gasteiger partial charge in [-0.3, -0.25) is 9.59 Å². The lowest BCUT2D eigenvalue weighted by atomic mass is 9.96. The van der Waals surface area contributed by atoms with E-state index in [2.05, 4.69) is 0 Å². The van der Waals surface area contributed by atoms with Gasteiger partial charge in [0.1, 0.15) is 0 Å². The molecule has 0 heterocycles. The highest BCUT2D eigenvalue weighted by Crippen LogP contribution is 2.21. The van der Waals surface area contributed by atoms with Crippen molar-refractivity contribution in [2.45, 2.75) is 25.1 Å². The molecule has 1 rings (SSSR count). The second kappa shape index (κ2) is 2.70. The van der Waals surface area contributed by atoms with Crippen molar-refractivity contribution in [3.8, 4) is 0 Å². The summed E-state index contributed by atoms with van der Waals surface area (Å²) in [7, 11) is 0. The molecule has 0 amide bonds. The smallest absolute Gasteiger partial charge is 0.158 e. The molecule has 0 aromatic heterocycles. The summed E-state index contributed by atoms with van der Waals surface area (Å²) in [6.45, 7) is 1.89. The van der Waals surface area contributed by atoms with E-state index >= 15 is 0 Å². The van der Waals surface area contributed by atoms with Crippen LogP contribution in [0, 0.1) is 5.92 Å². The largest absolute Gasteiger partial charge is 0.298 e. The van der Waals surface area contributed by atoms with Crippen molar-refractivity contribution in [2.24, 2.45) is 5.92 Å². The van der Waals surface area contributed by atoms with Gasteiger partial charge in [0, 0.05) is 12.8 Å². The molecule has 56 valence electrons. The standard InChI is InChI=1S/C7H9ClO2/c1-4-2-5(9)7(8)6(10)3-4/h4,7H,2-3H2,1H3/i7+1. The Morgan fingerprint density at radius 1 is 1.30 bits per heavy atom. The summed E-state index contributed by atoms with van der Waals surface area (Å²) in [6, 6.07) is 0. The molecule has 2 nitrogen and oxygen atoms in total. The van der Waals surface area contributed by atoms with E-state index in [4.69, 9.17) is 11.6 Å². The van der Waals surface area contributed by atoms with Crippen LogP contribution in [0.2, 0.25) is 0 Å². The molecule has 0 aromatic carbocycles. The second-order valence-electron chi connectivity index (χ2n) is 2.81. The zero-order valence-electron chi connectivity index (χ0n) is 5.76. The fraction of sp³-hybridized carbons (Fsp3) is 0.714. The van der Waals surface area contributed by atoms with Crippen molar-refractivity contribution in [1.82, 2.24) is 0 Å². The predicted molar refractivity (Wildman–Crippen MR) is 38.1 cm³/mol. The van der Waals surface area contributed by atoms with Crippen molar-refractivity contribution in [3.63, 3.8) is 0 Å². The third kappa shape index (κ3) is 1.37. The molecule has 0 atom stereocenters. The van der Waals surface area contributed by atoms with Crippen molar-refractivity contribution in [3.05, 3.63) is 0 Å². The Balaban J connectivity index is 2.66. The number of hydrogen-bond donors (Lipinski definition) is 0. The first kappa shape index (κ1) is 7.73. The summed E-state index contributed by atoms with van der Waals surface area (Å²) in [5.74, 6) is -0.0502. The zero-order valence-corrected chi connectivity index (χ0v) is 6.52. The number of halogens is 1. The van der Waals surface area contributed by atoms with E-state index < -0.39 is 5.38 Å². The summed E-state index contributed by atoms with van der Waals surface area (Å²) in [4.78, 5) is 21.7. The van der Waals surface area contributed by atoms with Crippen LogP contribution in [0.3, 0.4) is 0 Å². The topological polar surface area (TPSA) is 34.1 Å². The average Bonchev–Trinajstić information content (AvgIpc) is 1.82. The number of rotatable bonds is 0. The molecule has 0 unspecified atom stereocenters. The number of carbonyl (C=O) groups is 2. The summed E-state index contributed by atoms with van der Waals surface area (Å²) in [5.41, 5.74) is 0. The van der Waals surface area contributed by atoms with Gasteiger partial charge in [-0.2, -0.15) is 0 Å². The number of alkyl halides is 1. The zero-order chi connectivity index (χ0) is 7.72. The minimum Gasteiger partial charge on any atom is -0.298 e. The summed E-state index contributed by atoms with van der Waals surface area (Å²) < 4.78 is 0. The van der Waals surface area contributed by atoms with E-state index in [-0.39, 0.29) is 17.5 Å². The molecule has 0 radical (unpaired) electrons. The SMILES string of the molecule is CC1CC(=O)[13CH](Cl)C(=O)C1. The van der Waals surface area contributed by atoms with Gasteiger partial charge in [-0.25, -0.2) is 0 Å². The minimum absolute atomic E-state index is 0.120. The Morgan fingerprint density at radius 3 is 2.10 bits per heavy atom. The summed E-state index contributed by atoms with van der Waals surface area (Å²) in [5, 5.41) is -0.851. The molecule has 0 bridgehead atoms. The molecular weight excluding hydrogens is 153 g/mol. The van der Waals surface area contributed by atoms with Crippen molar-refractivity contribution in [1.29, 1.82) is 0 Å². The minimum atomic E-state index is -0.851. The lowest BCUT2D eigenvalue weighted by Crippen LogP contribution is -2.32. The van der Waals surface area contributed by atoms with E-state index in [9.17, 15) is 9.59 Å². The second-order valence-corrected chi connectivity index (χ2v) is 3.25. The molecule has 1 fully saturated rings. The van der Waals surface area contributed by atoms with Crippen molar-refractivity contribution < 1.29 is 9.59 Å². The Bertz CT molecular complexity index is 158. The van der Waals surface area contributed by atoms with Crippen LogP contribution in [-0.2, 0) is 9.59 Å². The van der Waals surface area contributed by atoms with E-state index in [0.29, 0.717) is 12.8 Å². The third-order valence-corrected chi connectivity index (χ3v) is 2.15. The normalized spacial score (nSPS) is 34.6. The molecule has 0 saturated heterocycles. The molecule has 0 aliphatic heterocycles. The van der Waals surface area contributed by atoms with E-state index in [1.807, 2.05) is 6.92 Å². The van der Waals surface area contributed by atoms with Crippen LogP contribution in [0.15, 0.2) is 0 Å². The molecular formula is C7H9ClO2. The molecule has 3 heteroatoms. The first-order valence-electron chi connectivity index (χ1n) is 3.30. The third-order valence-electron chi connectivity index (χ3n) is 1.66.